The fourth-order valence-corrected chi connectivity index (χ4v) is 5.29. The summed E-state index contributed by atoms with van der Waals surface area (Å²) in [5.74, 6) is -0.317. The van der Waals surface area contributed by atoms with Crippen molar-refractivity contribution in [3.05, 3.63) is 81.5 Å². The smallest absolute Gasteiger partial charge is 0.310 e. The molecule has 1 heterocycles. The number of benzene rings is 2. The van der Waals surface area contributed by atoms with Gasteiger partial charge in [-0.1, -0.05) is 35.9 Å². The molecule has 5 nitrogen and oxygen atoms in total. The van der Waals surface area contributed by atoms with Crippen molar-refractivity contribution in [1.82, 2.24) is 0 Å². The monoisotopic (exact) mass is 449 g/mol. The van der Waals surface area contributed by atoms with E-state index in [0.29, 0.717) is 17.3 Å². The molecule has 8 heteroatoms. The first kappa shape index (κ1) is 21.4. The molecule has 3 rings (SSSR count). The molecule has 1 aromatic heterocycles. The van der Waals surface area contributed by atoms with Crippen LogP contribution in [0.25, 0.3) is 0 Å². The first-order valence-electron chi connectivity index (χ1n) is 8.95. The third-order valence-electron chi connectivity index (χ3n) is 4.14. The van der Waals surface area contributed by atoms with E-state index in [2.05, 4.69) is 0 Å². The fraction of sp³-hybridized carbons (Fsp3) is 0.190. The normalized spacial score (nSPS) is 11.2. The summed E-state index contributed by atoms with van der Waals surface area (Å²) in [5, 5.41) is 2.26. The molecule has 0 saturated heterocycles. The van der Waals surface area contributed by atoms with Crippen LogP contribution in [0.5, 0.6) is 0 Å². The Morgan fingerprint density at radius 2 is 1.86 bits per heavy atom. The van der Waals surface area contributed by atoms with E-state index in [1.54, 1.807) is 43.3 Å². The van der Waals surface area contributed by atoms with Gasteiger partial charge in [-0.25, -0.2) is 8.42 Å². The Morgan fingerprint density at radius 3 is 2.48 bits per heavy atom. The van der Waals surface area contributed by atoms with E-state index in [-0.39, 0.29) is 23.8 Å². The molecular weight excluding hydrogens is 430 g/mol. The third-order valence-corrected chi connectivity index (χ3v) is 7.01. The van der Waals surface area contributed by atoms with E-state index in [4.69, 9.17) is 16.3 Å². The highest BCUT2D eigenvalue weighted by Crippen LogP contribution is 2.28. The average Bonchev–Trinajstić information content (AvgIpc) is 3.20. The lowest BCUT2D eigenvalue weighted by Crippen LogP contribution is -2.30. The molecule has 0 atom stereocenters. The van der Waals surface area contributed by atoms with Crippen LogP contribution in [0, 0.1) is 0 Å². The molecule has 0 N–H and O–H groups in total. The standard InChI is InChI=1S/C21H20ClNO4S2/c1-2-27-21(24)13-16-8-10-18(11-9-16)23(15-19-6-4-12-28-19)29(25,26)20-7-3-5-17(22)14-20/h3-12,14H,2,13,15H2,1H3. The summed E-state index contributed by atoms with van der Waals surface area (Å²) in [7, 11) is -3.83. The first-order chi connectivity index (χ1) is 13.9. The van der Waals surface area contributed by atoms with E-state index >= 15 is 0 Å². The summed E-state index contributed by atoms with van der Waals surface area (Å²) in [6.45, 7) is 2.28. The number of hydrogen-bond acceptors (Lipinski definition) is 5. The summed E-state index contributed by atoms with van der Waals surface area (Å²) in [6, 6.07) is 16.9. The van der Waals surface area contributed by atoms with Crippen molar-refractivity contribution in [2.24, 2.45) is 0 Å². The van der Waals surface area contributed by atoms with E-state index in [1.165, 1.54) is 27.8 Å². The summed E-state index contributed by atoms with van der Waals surface area (Å²) in [5.41, 5.74) is 1.26. The molecule has 0 aliphatic heterocycles. The molecule has 0 radical (unpaired) electrons. The van der Waals surface area contributed by atoms with Crippen molar-refractivity contribution in [1.29, 1.82) is 0 Å². The summed E-state index contributed by atoms with van der Waals surface area (Å²) in [6.07, 6.45) is 0.139. The highest BCUT2D eigenvalue weighted by Gasteiger charge is 2.26. The third kappa shape index (κ3) is 5.38. The van der Waals surface area contributed by atoms with E-state index < -0.39 is 10.0 Å². The minimum atomic E-state index is -3.83. The number of rotatable bonds is 8. The number of esters is 1. The van der Waals surface area contributed by atoms with Crippen molar-refractivity contribution in [2.75, 3.05) is 10.9 Å². The highest BCUT2D eigenvalue weighted by atomic mass is 35.5. The second kappa shape index (κ2) is 9.43. The Bertz CT molecular complexity index is 1060. The zero-order chi connectivity index (χ0) is 20.9. The molecule has 0 amide bonds. The maximum Gasteiger partial charge on any atom is 0.310 e. The minimum Gasteiger partial charge on any atom is -0.466 e. The minimum absolute atomic E-state index is 0.122. The van der Waals surface area contributed by atoms with E-state index in [9.17, 15) is 13.2 Å². The lowest BCUT2D eigenvalue weighted by atomic mass is 10.1. The van der Waals surface area contributed by atoms with Crippen LogP contribution in [-0.4, -0.2) is 21.0 Å². The van der Waals surface area contributed by atoms with Crippen LogP contribution in [0.1, 0.15) is 17.4 Å². The summed E-state index contributed by atoms with van der Waals surface area (Å²) < 4.78 is 33.0. The van der Waals surface area contributed by atoms with Gasteiger partial charge < -0.3 is 4.74 Å². The molecule has 29 heavy (non-hydrogen) atoms. The maximum absolute atomic E-state index is 13.4. The number of thiophene rings is 1. The number of hydrogen-bond donors (Lipinski definition) is 0. The topological polar surface area (TPSA) is 63.7 Å². The van der Waals surface area contributed by atoms with Gasteiger partial charge in [-0.05, 0) is 54.3 Å². The second-order valence-electron chi connectivity index (χ2n) is 6.20. The van der Waals surface area contributed by atoms with Gasteiger partial charge in [0.2, 0.25) is 0 Å². The number of anilines is 1. The second-order valence-corrected chi connectivity index (χ2v) is 9.53. The lowest BCUT2D eigenvalue weighted by molar-refractivity contribution is -0.142. The fourth-order valence-electron chi connectivity index (χ4n) is 2.77. The number of halogens is 1. The van der Waals surface area contributed by atoms with Crippen LogP contribution < -0.4 is 4.31 Å². The van der Waals surface area contributed by atoms with Gasteiger partial charge in [0.05, 0.1) is 30.2 Å². The van der Waals surface area contributed by atoms with E-state index in [0.717, 1.165) is 10.4 Å². The van der Waals surface area contributed by atoms with Gasteiger partial charge in [0, 0.05) is 9.90 Å². The maximum atomic E-state index is 13.4. The van der Waals surface area contributed by atoms with Gasteiger partial charge in [-0.3, -0.25) is 9.10 Å². The zero-order valence-corrected chi connectivity index (χ0v) is 18.1. The number of carbonyl (C=O) groups excluding carboxylic acids is 1. The van der Waals surface area contributed by atoms with Crippen molar-refractivity contribution in [3.63, 3.8) is 0 Å². The largest absolute Gasteiger partial charge is 0.466 e. The number of nitrogens with zero attached hydrogens (tertiary/aromatic N) is 1. The van der Waals surface area contributed by atoms with Crippen molar-refractivity contribution in [2.45, 2.75) is 24.8 Å². The Balaban J connectivity index is 1.94. The van der Waals surface area contributed by atoms with Crippen molar-refractivity contribution < 1.29 is 17.9 Å². The van der Waals surface area contributed by atoms with Gasteiger partial charge in [-0.15, -0.1) is 11.3 Å². The zero-order valence-electron chi connectivity index (χ0n) is 15.7. The number of sulfonamides is 1. The SMILES string of the molecule is CCOC(=O)Cc1ccc(N(Cc2cccs2)S(=O)(=O)c2cccc(Cl)c2)cc1. The van der Waals surface area contributed by atoms with Gasteiger partial charge in [0.25, 0.3) is 10.0 Å². The van der Waals surface area contributed by atoms with Gasteiger partial charge >= 0.3 is 5.97 Å². The van der Waals surface area contributed by atoms with Crippen LogP contribution in [0.2, 0.25) is 5.02 Å². The molecule has 2 aromatic carbocycles. The molecule has 0 unspecified atom stereocenters. The predicted molar refractivity (Wildman–Crippen MR) is 116 cm³/mol. The Labute approximate surface area is 179 Å². The average molecular weight is 450 g/mol. The molecule has 0 fully saturated rings. The molecule has 0 spiro atoms. The van der Waals surface area contributed by atoms with Crippen LogP contribution in [0.15, 0.2) is 70.9 Å². The van der Waals surface area contributed by atoms with Crippen LogP contribution in [0.4, 0.5) is 5.69 Å². The Kier molecular flexibility index (Phi) is 6.95. The molecule has 0 saturated carbocycles. The molecule has 3 aromatic rings. The quantitative estimate of drug-likeness (QED) is 0.459. The molecule has 0 aliphatic rings. The number of carbonyl (C=O) groups is 1. The molecule has 0 bridgehead atoms. The molecular formula is C21H20ClNO4S2. The highest BCUT2D eigenvalue weighted by molar-refractivity contribution is 7.92. The van der Waals surface area contributed by atoms with Gasteiger partial charge in [0.1, 0.15) is 0 Å². The summed E-state index contributed by atoms with van der Waals surface area (Å²) >= 11 is 7.50. The van der Waals surface area contributed by atoms with Gasteiger partial charge in [0.15, 0.2) is 0 Å². The number of ether oxygens (including phenoxy) is 1. The predicted octanol–water partition coefficient (Wildman–Crippen LogP) is 4.90. The Hall–Kier alpha value is -2.35. The first-order valence-corrected chi connectivity index (χ1v) is 11.6. The van der Waals surface area contributed by atoms with E-state index in [1.807, 2.05) is 17.5 Å². The van der Waals surface area contributed by atoms with Crippen LogP contribution in [-0.2, 0) is 32.5 Å². The van der Waals surface area contributed by atoms with Gasteiger partial charge in [-0.2, -0.15) is 0 Å². The van der Waals surface area contributed by atoms with Crippen molar-refractivity contribution in [3.8, 4) is 0 Å². The lowest BCUT2D eigenvalue weighted by Gasteiger charge is -2.24. The van der Waals surface area contributed by atoms with Crippen LogP contribution >= 0.6 is 22.9 Å². The summed E-state index contributed by atoms with van der Waals surface area (Å²) in [4.78, 5) is 12.7. The van der Waals surface area contributed by atoms with Crippen molar-refractivity contribution >= 4 is 44.6 Å². The molecule has 0 aliphatic carbocycles. The van der Waals surface area contributed by atoms with Crippen LogP contribution in [0.3, 0.4) is 0 Å². The molecule has 152 valence electrons. The Morgan fingerprint density at radius 1 is 1.10 bits per heavy atom.